The minimum absolute atomic E-state index is 0.0932. The summed E-state index contributed by atoms with van der Waals surface area (Å²) in [5.74, 6) is -3.23. The van der Waals surface area contributed by atoms with Crippen LogP contribution in [0.1, 0.15) is 10.4 Å². The van der Waals surface area contributed by atoms with Crippen LogP contribution in [0.2, 0.25) is 0 Å². The zero-order valence-corrected chi connectivity index (χ0v) is 9.64. The lowest BCUT2D eigenvalue weighted by molar-refractivity contribution is -0.132. The third kappa shape index (κ3) is 3.33. The predicted octanol–water partition coefficient (Wildman–Crippen LogP) is 2.76. The second kappa shape index (κ2) is 5.86. The molecule has 0 radical (unpaired) electrons. The van der Waals surface area contributed by atoms with Gasteiger partial charge in [0.05, 0.1) is 0 Å². The summed E-state index contributed by atoms with van der Waals surface area (Å²) in [5, 5.41) is 0. The number of Topliss-reactive ketones (excluding diaryl/α,β-unsaturated/α-hetero) is 2. The van der Waals surface area contributed by atoms with Gasteiger partial charge in [0.2, 0.25) is 17.7 Å². The molecule has 0 aliphatic carbocycles. The lowest BCUT2D eigenvalue weighted by atomic mass is 10.0. The van der Waals surface area contributed by atoms with E-state index in [0.717, 1.165) is 4.90 Å². The number of hydrogen-bond donors (Lipinski definition) is 0. The lowest BCUT2D eigenvalue weighted by Gasteiger charge is -2.06. The summed E-state index contributed by atoms with van der Waals surface area (Å²) >= 11 is 1.42. The van der Waals surface area contributed by atoms with Crippen LogP contribution in [0.3, 0.4) is 0 Å². The van der Waals surface area contributed by atoms with Crippen molar-refractivity contribution < 1.29 is 22.8 Å². The van der Waals surface area contributed by atoms with Gasteiger partial charge < -0.3 is 0 Å². The second-order valence-electron chi connectivity index (χ2n) is 3.16. The van der Waals surface area contributed by atoms with Gasteiger partial charge in [-0.25, -0.2) is 13.2 Å². The summed E-state index contributed by atoms with van der Waals surface area (Å²) in [5.41, 5.74) is -0.0932. The molecule has 17 heavy (non-hydrogen) atoms. The molecule has 0 fully saturated rings. The van der Waals surface area contributed by atoms with Crippen molar-refractivity contribution >= 4 is 23.3 Å². The van der Waals surface area contributed by atoms with E-state index >= 15 is 0 Å². The average Bonchev–Trinajstić information content (AvgIpc) is 2.36. The van der Waals surface area contributed by atoms with Crippen molar-refractivity contribution in [3.63, 3.8) is 0 Å². The van der Waals surface area contributed by atoms with Crippen molar-refractivity contribution in [2.24, 2.45) is 0 Å². The van der Waals surface area contributed by atoms with Crippen LogP contribution in [0, 0.1) is 0 Å². The molecule has 1 unspecified atom stereocenters. The van der Waals surface area contributed by atoms with Crippen LogP contribution >= 0.6 is 11.8 Å². The zero-order chi connectivity index (χ0) is 13.0. The Hall–Kier alpha value is -1.30. The minimum Gasteiger partial charge on any atom is -0.290 e. The first-order valence-electron chi connectivity index (χ1n) is 4.61. The first-order valence-corrected chi connectivity index (χ1v) is 5.84. The van der Waals surface area contributed by atoms with Crippen molar-refractivity contribution in [1.82, 2.24) is 0 Å². The number of thioether (sulfide) groups is 1. The largest absolute Gasteiger partial charge is 0.299 e. The summed E-state index contributed by atoms with van der Waals surface area (Å²) in [6, 6.07) is 5.72. The molecule has 0 N–H and O–H groups in total. The standard InChI is InChI=1S/C11H9F3O2S/c1-17-7-4-2-6(3-5-7)9(15)8(12)10(16)11(13)14/h2-5,8,11H,1H3. The summed E-state index contributed by atoms with van der Waals surface area (Å²) < 4.78 is 37.0. The van der Waals surface area contributed by atoms with Gasteiger partial charge in [0.1, 0.15) is 0 Å². The van der Waals surface area contributed by atoms with Crippen LogP contribution in [0.25, 0.3) is 0 Å². The van der Waals surface area contributed by atoms with E-state index in [2.05, 4.69) is 0 Å². The molecule has 1 aromatic rings. The molecule has 0 aliphatic heterocycles. The summed E-state index contributed by atoms with van der Waals surface area (Å²) in [7, 11) is 0. The highest BCUT2D eigenvalue weighted by Gasteiger charge is 2.33. The number of benzene rings is 1. The normalized spacial score (nSPS) is 12.5. The van der Waals surface area contributed by atoms with Gasteiger partial charge in [0.25, 0.3) is 6.43 Å². The molecule has 0 amide bonds. The van der Waals surface area contributed by atoms with Crippen LogP contribution in [-0.4, -0.2) is 30.4 Å². The summed E-state index contributed by atoms with van der Waals surface area (Å²) in [4.78, 5) is 22.8. The Bertz CT molecular complexity index is 417. The van der Waals surface area contributed by atoms with Crippen molar-refractivity contribution in [2.75, 3.05) is 6.26 Å². The number of hydrogen-bond acceptors (Lipinski definition) is 3. The molecule has 1 atom stereocenters. The molecule has 0 bridgehead atoms. The third-order valence-corrected chi connectivity index (χ3v) is 2.81. The number of ketones is 2. The zero-order valence-electron chi connectivity index (χ0n) is 8.82. The Labute approximate surface area is 100 Å². The Morgan fingerprint density at radius 1 is 1.12 bits per heavy atom. The van der Waals surface area contributed by atoms with Crippen molar-refractivity contribution in [3.8, 4) is 0 Å². The Morgan fingerprint density at radius 2 is 1.65 bits per heavy atom. The molecule has 2 nitrogen and oxygen atoms in total. The lowest BCUT2D eigenvalue weighted by Crippen LogP contribution is -2.30. The fourth-order valence-electron chi connectivity index (χ4n) is 1.14. The second-order valence-corrected chi connectivity index (χ2v) is 4.04. The number of carbonyl (C=O) groups excluding carboxylic acids is 2. The van der Waals surface area contributed by atoms with Gasteiger partial charge in [0.15, 0.2) is 0 Å². The van der Waals surface area contributed by atoms with Gasteiger partial charge in [-0.2, -0.15) is 0 Å². The summed E-state index contributed by atoms with van der Waals surface area (Å²) in [6.07, 6.45) is -4.45. The molecular formula is C11H9F3O2S. The average molecular weight is 262 g/mol. The van der Waals surface area contributed by atoms with Crippen LogP contribution in [0.4, 0.5) is 13.2 Å². The first-order chi connectivity index (χ1) is 7.97. The van der Waals surface area contributed by atoms with Crippen molar-refractivity contribution in [1.29, 1.82) is 0 Å². The molecule has 6 heteroatoms. The Kier molecular flexibility index (Phi) is 4.74. The molecule has 1 aromatic carbocycles. The quantitative estimate of drug-likeness (QED) is 0.465. The molecule has 0 aliphatic rings. The topological polar surface area (TPSA) is 34.1 Å². The molecule has 0 saturated heterocycles. The van der Waals surface area contributed by atoms with Gasteiger partial charge in [-0.1, -0.05) is 12.1 Å². The predicted molar refractivity (Wildman–Crippen MR) is 58.5 cm³/mol. The van der Waals surface area contributed by atoms with E-state index in [9.17, 15) is 22.8 Å². The van der Waals surface area contributed by atoms with Gasteiger partial charge >= 0.3 is 0 Å². The fraction of sp³-hybridized carbons (Fsp3) is 0.273. The monoisotopic (exact) mass is 262 g/mol. The molecule has 0 heterocycles. The number of rotatable bonds is 5. The fourth-order valence-corrected chi connectivity index (χ4v) is 1.55. The highest BCUT2D eigenvalue weighted by molar-refractivity contribution is 7.98. The van der Waals surface area contributed by atoms with E-state index in [4.69, 9.17) is 0 Å². The Morgan fingerprint density at radius 3 is 2.06 bits per heavy atom. The van der Waals surface area contributed by atoms with Crippen molar-refractivity contribution in [3.05, 3.63) is 29.8 Å². The number of halogens is 3. The smallest absolute Gasteiger partial charge is 0.290 e. The maximum absolute atomic E-state index is 13.1. The van der Waals surface area contributed by atoms with Gasteiger partial charge in [0, 0.05) is 10.5 Å². The molecule has 0 saturated carbocycles. The molecule has 0 spiro atoms. The highest BCUT2D eigenvalue weighted by atomic mass is 32.2. The Balaban J connectivity index is 2.85. The maximum Gasteiger partial charge on any atom is 0.299 e. The number of carbonyl (C=O) groups is 2. The van der Waals surface area contributed by atoms with Crippen LogP contribution in [0.15, 0.2) is 29.2 Å². The van der Waals surface area contributed by atoms with E-state index in [1.165, 1.54) is 23.9 Å². The van der Waals surface area contributed by atoms with E-state index in [-0.39, 0.29) is 5.56 Å². The summed E-state index contributed by atoms with van der Waals surface area (Å²) in [6.45, 7) is 0. The van der Waals surface area contributed by atoms with Crippen LogP contribution in [-0.2, 0) is 4.79 Å². The number of alkyl halides is 3. The van der Waals surface area contributed by atoms with Gasteiger partial charge in [-0.3, -0.25) is 9.59 Å². The van der Waals surface area contributed by atoms with E-state index < -0.39 is 24.2 Å². The molecule has 1 rings (SSSR count). The van der Waals surface area contributed by atoms with Crippen molar-refractivity contribution in [2.45, 2.75) is 17.5 Å². The van der Waals surface area contributed by atoms with Crippen LogP contribution < -0.4 is 0 Å². The molecular weight excluding hydrogens is 253 g/mol. The maximum atomic E-state index is 13.1. The molecule has 0 aromatic heterocycles. The van der Waals surface area contributed by atoms with E-state index in [0.29, 0.717) is 0 Å². The molecule has 92 valence electrons. The van der Waals surface area contributed by atoms with Gasteiger partial charge in [-0.15, -0.1) is 11.8 Å². The third-order valence-electron chi connectivity index (χ3n) is 2.07. The first kappa shape index (κ1) is 13.8. The van der Waals surface area contributed by atoms with Gasteiger partial charge in [-0.05, 0) is 18.4 Å². The highest BCUT2D eigenvalue weighted by Crippen LogP contribution is 2.17. The van der Waals surface area contributed by atoms with E-state index in [1.54, 1.807) is 12.1 Å². The van der Waals surface area contributed by atoms with Crippen LogP contribution in [0.5, 0.6) is 0 Å². The van der Waals surface area contributed by atoms with E-state index in [1.807, 2.05) is 6.26 Å². The SMILES string of the molecule is CSc1ccc(C(=O)C(F)C(=O)C(F)F)cc1. The minimum atomic E-state index is -3.47.